The van der Waals surface area contributed by atoms with Crippen molar-refractivity contribution in [2.75, 3.05) is 6.61 Å². The summed E-state index contributed by atoms with van der Waals surface area (Å²) in [4.78, 5) is 10.3. The molecule has 0 spiro atoms. The predicted molar refractivity (Wildman–Crippen MR) is 112 cm³/mol. The molecule has 1 saturated heterocycles. The van der Waals surface area contributed by atoms with Crippen LogP contribution in [0.1, 0.15) is 0 Å². The number of rotatable bonds is 7. The maximum Gasteiger partial charge on any atom is 0.473 e. The third-order valence-electron chi connectivity index (χ3n) is 6.77. The van der Waals surface area contributed by atoms with Crippen LogP contribution in [-0.4, -0.2) is 182 Å². The van der Waals surface area contributed by atoms with E-state index in [1.807, 2.05) is 0 Å². The Bertz CT molecular complexity index is 818. The average molecular weight is 584 g/mol. The molecule has 3 unspecified atom stereocenters. The summed E-state index contributed by atoms with van der Waals surface area (Å²) >= 11 is 0. The van der Waals surface area contributed by atoms with Gasteiger partial charge >= 0.3 is 7.82 Å². The van der Waals surface area contributed by atoms with E-state index in [4.69, 9.17) is 14.0 Å². The summed E-state index contributed by atoms with van der Waals surface area (Å²) in [5.74, 6) is 0. The molecule has 3 fully saturated rings. The minimum Gasteiger partial charge on any atom is -0.394 e. The molecule has 3 rings (SSSR count). The monoisotopic (exact) mass is 584 g/mol. The van der Waals surface area contributed by atoms with E-state index < -0.39 is 118 Å². The first-order valence-corrected chi connectivity index (χ1v) is 12.8. The third kappa shape index (κ3) is 6.06. The fourth-order valence-electron chi connectivity index (χ4n) is 4.45. The predicted octanol–water partition coefficient (Wildman–Crippen LogP) is -8.68. The molecular formula is C18H33O19P. The molecule has 0 amide bonds. The number of hydrogen-bond acceptors (Lipinski definition) is 18. The second-order valence-corrected chi connectivity index (χ2v) is 10.7. The summed E-state index contributed by atoms with van der Waals surface area (Å²) in [7, 11) is -5.63. The smallest absolute Gasteiger partial charge is 0.394 e. The van der Waals surface area contributed by atoms with Crippen molar-refractivity contribution in [3.8, 4) is 0 Å². The molecule has 14 N–H and O–H groups in total. The highest BCUT2D eigenvalue weighted by Gasteiger charge is 2.57. The Hall–Kier alpha value is -0.490. The Kier molecular flexibility index (Phi) is 10.3. The van der Waals surface area contributed by atoms with Crippen molar-refractivity contribution >= 4 is 7.82 Å². The summed E-state index contributed by atoms with van der Waals surface area (Å²) in [5.41, 5.74) is 0. The van der Waals surface area contributed by atoms with Crippen LogP contribution in [-0.2, 0) is 23.1 Å². The molecule has 1 aliphatic heterocycles. The van der Waals surface area contributed by atoms with Crippen molar-refractivity contribution in [1.29, 1.82) is 0 Å². The van der Waals surface area contributed by atoms with E-state index in [-0.39, 0.29) is 0 Å². The van der Waals surface area contributed by atoms with Gasteiger partial charge in [0.25, 0.3) is 0 Å². The van der Waals surface area contributed by atoms with Crippen LogP contribution in [0, 0.1) is 0 Å². The van der Waals surface area contributed by atoms with Crippen LogP contribution in [0.25, 0.3) is 0 Å². The van der Waals surface area contributed by atoms with Crippen LogP contribution in [0.15, 0.2) is 0 Å². The average Bonchev–Trinajstić information content (AvgIpc) is 2.88. The maximum absolute atomic E-state index is 12.8. The SMILES string of the molecule is O=P(O)(OC1[C@H](O)[C@H](O)C(O)[C@H](O)[C@H]1O)O[C@@H]1[C@@H](O)[C@H](O)[C@@H](O)[C@H](O)[C@@H]1O[C@@H]1O[C@H](CO)[C@@H](O)[C@H](O)[C@@H]1O. The molecule has 0 aromatic rings. The van der Waals surface area contributed by atoms with Crippen LogP contribution in [0.5, 0.6) is 0 Å². The molecule has 19 nitrogen and oxygen atoms in total. The third-order valence-corrected chi connectivity index (χ3v) is 7.79. The van der Waals surface area contributed by atoms with E-state index in [9.17, 15) is 75.8 Å². The van der Waals surface area contributed by atoms with Crippen molar-refractivity contribution < 1.29 is 94.4 Å². The Morgan fingerprint density at radius 2 is 0.895 bits per heavy atom. The lowest BCUT2D eigenvalue weighted by Gasteiger charge is -2.47. The molecule has 3 aliphatic rings. The van der Waals surface area contributed by atoms with Crippen LogP contribution in [0.4, 0.5) is 0 Å². The summed E-state index contributed by atoms with van der Waals surface area (Å²) in [5, 5.41) is 130. The van der Waals surface area contributed by atoms with E-state index in [1.165, 1.54) is 0 Å². The molecule has 2 saturated carbocycles. The maximum atomic E-state index is 12.8. The zero-order chi connectivity index (χ0) is 28.9. The lowest BCUT2D eigenvalue weighted by atomic mass is 9.84. The Morgan fingerprint density at radius 3 is 1.37 bits per heavy atom. The van der Waals surface area contributed by atoms with Crippen molar-refractivity contribution in [3.05, 3.63) is 0 Å². The largest absolute Gasteiger partial charge is 0.473 e. The van der Waals surface area contributed by atoms with Gasteiger partial charge in [-0.1, -0.05) is 0 Å². The first kappa shape index (κ1) is 32.0. The second-order valence-electron chi connectivity index (χ2n) is 9.32. The second kappa shape index (κ2) is 12.2. The van der Waals surface area contributed by atoms with Crippen LogP contribution in [0.3, 0.4) is 0 Å². The highest BCUT2D eigenvalue weighted by atomic mass is 31.2. The molecule has 0 aromatic carbocycles. The highest BCUT2D eigenvalue weighted by molar-refractivity contribution is 7.47. The molecular weight excluding hydrogens is 551 g/mol. The van der Waals surface area contributed by atoms with Gasteiger partial charge in [0, 0.05) is 0 Å². The number of aliphatic hydroxyl groups is 13. The number of aliphatic hydroxyl groups excluding tert-OH is 13. The first-order chi connectivity index (χ1) is 17.5. The first-order valence-electron chi connectivity index (χ1n) is 11.3. The van der Waals surface area contributed by atoms with E-state index in [2.05, 4.69) is 4.52 Å². The van der Waals surface area contributed by atoms with Crippen LogP contribution in [0.2, 0.25) is 0 Å². The van der Waals surface area contributed by atoms with Gasteiger partial charge in [0.1, 0.15) is 97.7 Å². The summed E-state index contributed by atoms with van der Waals surface area (Å²) in [6, 6.07) is 0. The van der Waals surface area contributed by atoms with E-state index in [1.54, 1.807) is 0 Å². The minimum absolute atomic E-state index is 0.889. The van der Waals surface area contributed by atoms with Crippen LogP contribution >= 0.6 is 7.82 Å². The summed E-state index contributed by atoms with van der Waals surface area (Å²) in [6.07, 6.45) is -36.0. The highest BCUT2D eigenvalue weighted by Crippen LogP contribution is 2.50. The zero-order valence-corrected chi connectivity index (χ0v) is 20.2. The molecule has 0 bridgehead atoms. The quantitative estimate of drug-likeness (QED) is 0.123. The lowest BCUT2D eigenvalue weighted by molar-refractivity contribution is -0.338. The number of ether oxygens (including phenoxy) is 2. The molecule has 224 valence electrons. The van der Waals surface area contributed by atoms with Gasteiger partial charge < -0.3 is 80.8 Å². The molecule has 18 atom stereocenters. The van der Waals surface area contributed by atoms with Gasteiger partial charge in [-0.2, -0.15) is 0 Å². The topological polar surface area (TPSA) is 337 Å². The Morgan fingerprint density at radius 1 is 0.526 bits per heavy atom. The molecule has 20 heteroatoms. The fourth-order valence-corrected chi connectivity index (χ4v) is 5.61. The van der Waals surface area contributed by atoms with E-state index >= 15 is 0 Å². The lowest BCUT2D eigenvalue weighted by Crippen LogP contribution is -2.67. The van der Waals surface area contributed by atoms with Gasteiger partial charge in [-0.15, -0.1) is 0 Å². The normalized spacial score (nSPS) is 53.9. The Balaban J connectivity index is 1.84. The van der Waals surface area contributed by atoms with Gasteiger partial charge in [0.2, 0.25) is 0 Å². The van der Waals surface area contributed by atoms with Crippen molar-refractivity contribution in [3.63, 3.8) is 0 Å². The van der Waals surface area contributed by atoms with Gasteiger partial charge in [-0.3, -0.25) is 9.05 Å². The van der Waals surface area contributed by atoms with Gasteiger partial charge in [0.15, 0.2) is 6.29 Å². The minimum atomic E-state index is -5.63. The summed E-state index contributed by atoms with van der Waals surface area (Å²) < 4.78 is 32.6. The summed E-state index contributed by atoms with van der Waals surface area (Å²) in [6.45, 7) is -0.889. The van der Waals surface area contributed by atoms with Crippen LogP contribution < -0.4 is 0 Å². The number of phosphoric ester groups is 1. The molecule has 0 aromatic heterocycles. The zero-order valence-electron chi connectivity index (χ0n) is 19.3. The molecule has 38 heavy (non-hydrogen) atoms. The fraction of sp³-hybridized carbons (Fsp3) is 1.00. The van der Waals surface area contributed by atoms with Gasteiger partial charge in [-0.25, -0.2) is 4.57 Å². The van der Waals surface area contributed by atoms with Crippen molar-refractivity contribution in [2.24, 2.45) is 0 Å². The van der Waals surface area contributed by atoms with Gasteiger partial charge in [-0.05, 0) is 0 Å². The van der Waals surface area contributed by atoms with Gasteiger partial charge in [0.05, 0.1) is 6.61 Å². The molecule has 2 aliphatic carbocycles. The number of hydrogen-bond donors (Lipinski definition) is 14. The van der Waals surface area contributed by atoms with Crippen molar-refractivity contribution in [1.82, 2.24) is 0 Å². The number of phosphoric acid groups is 1. The van der Waals surface area contributed by atoms with Crippen molar-refractivity contribution in [2.45, 2.75) is 104 Å². The Labute approximate surface area is 213 Å². The van der Waals surface area contributed by atoms with E-state index in [0.29, 0.717) is 0 Å². The molecule has 1 heterocycles. The standard InChI is InChI=1S/C18H33O19P/c19-1-2-3(20)4(21)14(31)18(34-2)35-16-12(29)8(25)9(26)13(30)17(16)37-38(32,33)36-15-10(27)6(23)5(22)7(24)11(15)28/h2-31H,1H2,(H,32,33)/t2-,3-,4+,5?,6-,7+,8-,9-,10-,11-,12+,13+,14+,15?,16+,17-,18+/m1/s1. The van der Waals surface area contributed by atoms with E-state index in [0.717, 1.165) is 0 Å². The molecule has 0 radical (unpaired) electrons.